The van der Waals surface area contributed by atoms with E-state index in [-0.39, 0.29) is 11.6 Å². The zero-order chi connectivity index (χ0) is 22.7. The average molecular weight is 431 g/mol. The van der Waals surface area contributed by atoms with Gasteiger partial charge in [0.1, 0.15) is 23.1 Å². The summed E-state index contributed by atoms with van der Waals surface area (Å²) in [6.07, 6.45) is 4.72. The first-order valence-corrected chi connectivity index (χ1v) is 9.83. The second kappa shape index (κ2) is 8.99. The van der Waals surface area contributed by atoms with Crippen molar-refractivity contribution in [2.45, 2.75) is 6.92 Å². The van der Waals surface area contributed by atoms with Gasteiger partial charge in [0, 0.05) is 6.08 Å². The normalized spacial score (nSPS) is 14.2. The van der Waals surface area contributed by atoms with Gasteiger partial charge in [0.15, 0.2) is 0 Å². The molecule has 0 aromatic heterocycles. The molecule has 1 aliphatic rings. The fourth-order valence-corrected chi connectivity index (χ4v) is 3.56. The van der Waals surface area contributed by atoms with E-state index in [0.717, 1.165) is 22.3 Å². The molecule has 0 fully saturated rings. The summed E-state index contributed by atoms with van der Waals surface area (Å²) in [5.74, 6) is -0.231. The number of benzene rings is 3. The molecule has 3 aromatic rings. The van der Waals surface area contributed by atoms with Crippen LogP contribution in [0.1, 0.15) is 23.6 Å². The Morgan fingerprint density at radius 3 is 2.19 bits per heavy atom. The Hall–Kier alpha value is -4.03. The molecule has 0 bridgehead atoms. The van der Waals surface area contributed by atoms with Crippen LogP contribution in [0.15, 0.2) is 84.5 Å². The summed E-state index contributed by atoms with van der Waals surface area (Å²) < 4.78 is 32.7. The lowest BCUT2D eigenvalue weighted by atomic mass is 10.0. The summed E-state index contributed by atoms with van der Waals surface area (Å²) in [5, 5.41) is 8.72. The van der Waals surface area contributed by atoms with Crippen LogP contribution in [0.3, 0.4) is 0 Å². The van der Waals surface area contributed by atoms with Crippen molar-refractivity contribution in [1.82, 2.24) is 5.48 Å². The maximum atomic E-state index is 13.9. The van der Waals surface area contributed by atoms with Crippen molar-refractivity contribution in [2.75, 3.05) is 0 Å². The maximum absolute atomic E-state index is 13.9. The van der Waals surface area contributed by atoms with Crippen LogP contribution in [0.25, 0.3) is 17.2 Å². The van der Waals surface area contributed by atoms with Crippen molar-refractivity contribution in [2.24, 2.45) is 0 Å². The largest absolute Gasteiger partial charge is 0.457 e. The van der Waals surface area contributed by atoms with Gasteiger partial charge in [-0.05, 0) is 101 Å². The van der Waals surface area contributed by atoms with Crippen molar-refractivity contribution < 1.29 is 23.5 Å². The van der Waals surface area contributed by atoms with Crippen LogP contribution in [-0.4, -0.2) is 11.1 Å². The number of nitrogens with one attached hydrogen (secondary N) is 1. The molecule has 4 rings (SSSR count). The highest BCUT2D eigenvalue weighted by atomic mass is 19.1. The van der Waals surface area contributed by atoms with E-state index in [2.05, 4.69) is 0 Å². The molecule has 0 spiro atoms. The van der Waals surface area contributed by atoms with Crippen LogP contribution < -0.4 is 10.2 Å². The van der Waals surface area contributed by atoms with Crippen molar-refractivity contribution >= 4 is 23.1 Å². The number of hydrogen-bond acceptors (Lipinski definition) is 3. The minimum Gasteiger partial charge on any atom is -0.457 e. The quantitative estimate of drug-likeness (QED) is 0.290. The molecule has 0 saturated heterocycles. The van der Waals surface area contributed by atoms with Gasteiger partial charge in [0.25, 0.3) is 5.91 Å². The van der Waals surface area contributed by atoms with Gasteiger partial charge < -0.3 is 4.74 Å². The third-order valence-electron chi connectivity index (χ3n) is 5.12. The molecule has 0 saturated carbocycles. The topological polar surface area (TPSA) is 58.6 Å². The number of allylic oxidation sites excluding steroid dienone is 4. The van der Waals surface area contributed by atoms with Crippen molar-refractivity contribution in [3.8, 4) is 11.5 Å². The van der Waals surface area contributed by atoms with E-state index in [1.807, 2.05) is 37.3 Å². The number of hydroxylamine groups is 1. The highest BCUT2D eigenvalue weighted by Gasteiger charge is 2.23. The number of carbonyl (C=O) groups is 1. The van der Waals surface area contributed by atoms with Gasteiger partial charge in [-0.25, -0.2) is 14.3 Å². The first kappa shape index (κ1) is 21.2. The fourth-order valence-electron chi connectivity index (χ4n) is 3.56. The number of fused-ring (bicyclic) bond motifs is 1. The third-order valence-corrected chi connectivity index (χ3v) is 5.12. The second-order valence-electron chi connectivity index (χ2n) is 7.22. The standard InChI is InChI=1S/C26H19F2NO3/c1-16-22(12-13-26(30)29-31)25-15-19(28)6-11-23(25)24(16)14-17-2-7-20(8-3-17)32-21-9-4-18(27)5-10-21/h2-15,31H,1H3,(H,29,30)/b13-12?,24-14-. The molecule has 4 nitrogen and oxygen atoms in total. The van der Waals surface area contributed by atoms with Crippen LogP contribution in [-0.2, 0) is 4.79 Å². The van der Waals surface area contributed by atoms with E-state index in [1.165, 1.54) is 30.3 Å². The smallest absolute Gasteiger partial charge is 0.267 e. The molecule has 1 amide bonds. The van der Waals surface area contributed by atoms with Crippen LogP contribution in [0.4, 0.5) is 8.78 Å². The monoisotopic (exact) mass is 431 g/mol. The van der Waals surface area contributed by atoms with Crippen molar-refractivity contribution in [1.29, 1.82) is 0 Å². The molecule has 32 heavy (non-hydrogen) atoms. The van der Waals surface area contributed by atoms with Gasteiger partial charge in [-0.15, -0.1) is 0 Å². The van der Waals surface area contributed by atoms with Gasteiger partial charge in [0.2, 0.25) is 0 Å². The molecule has 0 atom stereocenters. The fraction of sp³-hybridized carbons (Fsp3) is 0.0385. The molecule has 6 heteroatoms. The minimum atomic E-state index is -0.669. The molecule has 1 aliphatic carbocycles. The number of carbonyl (C=O) groups excluding carboxylic acids is 1. The zero-order valence-electron chi connectivity index (χ0n) is 17.1. The summed E-state index contributed by atoms with van der Waals surface area (Å²) in [6.45, 7) is 1.90. The summed E-state index contributed by atoms with van der Waals surface area (Å²) in [4.78, 5) is 11.4. The summed E-state index contributed by atoms with van der Waals surface area (Å²) in [7, 11) is 0. The van der Waals surface area contributed by atoms with Crippen LogP contribution in [0.5, 0.6) is 11.5 Å². The van der Waals surface area contributed by atoms with E-state index in [1.54, 1.807) is 29.8 Å². The Balaban J connectivity index is 1.65. The summed E-state index contributed by atoms with van der Waals surface area (Å²) >= 11 is 0. The number of rotatable bonds is 5. The van der Waals surface area contributed by atoms with Crippen molar-refractivity contribution in [3.63, 3.8) is 0 Å². The highest BCUT2D eigenvalue weighted by Crippen LogP contribution is 2.43. The molecule has 0 radical (unpaired) electrons. The third kappa shape index (κ3) is 4.50. The number of hydrogen-bond donors (Lipinski definition) is 2. The Bertz CT molecular complexity index is 1260. The van der Waals surface area contributed by atoms with Crippen LogP contribution in [0, 0.1) is 11.6 Å². The van der Waals surface area contributed by atoms with Gasteiger partial charge in [-0.3, -0.25) is 10.0 Å². The highest BCUT2D eigenvalue weighted by molar-refractivity contribution is 6.08. The second-order valence-corrected chi connectivity index (χ2v) is 7.22. The lowest BCUT2D eigenvalue weighted by molar-refractivity contribution is -0.124. The van der Waals surface area contributed by atoms with Crippen LogP contribution in [0.2, 0.25) is 0 Å². The van der Waals surface area contributed by atoms with Gasteiger partial charge in [-0.1, -0.05) is 18.2 Å². The molecule has 2 N–H and O–H groups in total. The molecule has 0 aliphatic heterocycles. The maximum Gasteiger partial charge on any atom is 0.267 e. The molecule has 160 valence electrons. The Kier molecular flexibility index (Phi) is 5.96. The van der Waals surface area contributed by atoms with E-state index in [0.29, 0.717) is 22.6 Å². The van der Waals surface area contributed by atoms with E-state index >= 15 is 0 Å². The summed E-state index contributed by atoms with van der Waals surface area (Å²) in [5.41, 5.74) is 6.44. The number of ether oxygens (including phenoxy) is 1. The van der Waals surface area contributed by atoms with Crippen molar-refractivity contribution in [3.05, 3.63) is 113 Å². The predicted molar refractivity (Wildman–Crippen MR) is 119 cm³/mol. The SMILES string of the molecule is CC1=C(C=CC(=O)NO)c2cc(F)ccc2/C1=C\c1ccc(Oc2ccc(F)cc2)cc1. The lowest BCUT2D eigenvalue weighted by Gasteiger charge is -2.07. The Morgan fingerprint density at radius 2 is 1.53 bits per heavy atom. The van der Waals surface area contributed by atoms with Crippen LogP contribution >= 0.6 is 0 Å². The molecule has 0 unspecified atom stereocenters. The van der Waals surface area contributed by atoms with E-state index < -0.39 is 5.91 Å². The molecular weight excluding hydrogens is 412 g/mol. The minimum absolute atomic E-state index is 0.328. The van der Waals surface area contributed by atoms with Gasteiger partial charge in [0.05, 0.1) is 0 Å². The van der Waals surface area contributed by atoms with E-state index in [9.17, 15) is 13.6 Å². The first-order chi connectivity index (χ1) is 15.4. The number of amides is 1. The average Bonchev–Trinajstić information content (AvgIpc) is 3.05. The Labute approximate surface area is 183 Å². The van der Waals surface area contributed by atoms with Gasteiger partial charge >= 0.3 is 0 Å². The predicted octanol–water partition coefficient (Wildman–Crippen LogP) is 6.15. The lowest BCUT2D eigenvalue weighted by Crippen LogP contribution is -2.14. The molecular formula is C26H19F2NO3. The van der Waals surface area contributed by atoms with Gasteiger partial charge in [-0.2, -0.15) is 0 Å². The zero-order valence-corrected chi connectivity index (χ0v) is 17.1. The molecule has 3 aromatic carbocycles. The summed E-state index contributed by atoms with van der Waals surface area (Å²) in [6, 6.07) is 17.7. The molecule has 0 heterocycles. The Morgan fingerprint density at radius 1 is 0.906 bits per heavy atom. The first-order valence-electron chi connectivity index (χ1n) is 9.83. The van der Waals surface area contributed by atoms with E-state index in [4.69, 9.17) is 9.94 Å². The number of halogens is 2.